The maximum Gasteiger partial charge on any atom is 0.198 e. The van der Waals surface area contributed by atoms with Crippen molar-refractivity contribution in [2.24, 2.45) is 0 Å². The highest BCUT2D eigenvalue weighted by Crippen LogP contribution is 2.53. The molecule has 0 unspecified atom stereocenters. The number of carbonyl (C=O) groups excluding carboxylic acids is 2. The highest BCUT2D eigenvalue weighted by molar-refractivity contribution is 7.08. The number of allylic oxidation sites excluding steroid dienone is 1. The second kappa shape index (κ2) is 9.17. The molecule has 2 heterocycles. The summed E-state index contributed by atoms with van der Waals surface area (Å²) in [6, 6.07) is 21.9. The monoisotopic (exact) mass is 531 g/mol. The third-order valence-electron chi connectivity index (χ3n) is 8.29. The highest BCUT2D eigenvalue weighted by Gasteiger charge is 2.38. The van der Waals surface area contributed by atoms with E-state index in [9.17, 15) is 9.59 Å². The summed E-state index contributed by atoms with van der Waals surface area (Å²) in [7, 11) is 0. The lowest BCUT2D eigenvalue weighted by molar-refractivity contribution is 0.0990. The zero-order valence-corrected chi connectivity index (χ0v) is 24.1. The Labute approximate surface area is 234 Å². The second-order valence-electron chi connectivity index (χ2n) is 11.8. The number of para-hydroxylation sites is 2. The number of thiophene rings is 1. The number of rotatable bonds is 4. The Bertz CT molecular complexity index is 1600. The summed E-state index contributed by atoms with van der Waals surface area (Å²) < 4.78 is 0. The molecule has 1 aromatic heterocycles. The molecular weight excluding hydrogens is 498 g/mol. The average Bonchev–Trinajstić information content (AvgIpc) is 3.48. The van der Waals surface area contributed by atoms with E-state index < -0.39 is 0 Å². The van der Waals surface area contributed by atoms with Crippen molar-refractivity contribution < 1.29 is 9.59 Å². The van der Waals surface area contributed by atoms with Gasteiger partial charge in [0.15, 0.2) is 11.6 Å². The van der Waals surface area contributed by atoms with Gasteiger partial charge in [-0.1, -0.05) is 77.9 Å². The third-order valence-corrected chi connectivity index (χ3v) is 9.04. The van der Waals surface area contributed by atoms with Crippen LogP contribution >= 0.6 is 11.3 Å². The molecule has 0 spiro atoms. The quantitative estimate of drug-likeness (QED) is 0.194. The van der Waals surface area contributed by atoms with E-state index in [1.165, 1.54) is 39.4 Å². The van der Waals surface area contributed by atoms with Crippen molar-refractivity contribution in [1.82, 2.24) is 0 Å². The molecule has 3 nitrogen and oxygen atoms in total. The van der Waals surface area contributed by atoms with Crippen LogP contribution in [0.25, 0.3) is 6.08 Å². The first-order valence-electron chi connectivity index (χ1n) is 13.7. The van der Waals surface area contributed by atoms with Gasteiger partial charge in [0, 0.05) is 33.0 Å². The van der Waals surface area contributed by atoms with Gasteiger partial charge in [-0.15, -0.1) is 0 Å². The fourth-order valence-corrected chi connectivity index (χ4v) is 6.99. The molecule has 3 aromatic carbocycles. The molecule has 1 aliphatic heterocycles. The second-order valence-corrected chi connectivity index (χ2v) is 12.5. The first-order valence-corrected chi connectivity index (χ1v) is 14.6. The SMILES string of the molecule is CC(C)c1cc(N2c3ccccc3C(C)(C)c3ccccc32)c(C(C)C)cc1C=C1C(=O)c2cscc2C1=O. The Kier molecular flexibility index (Phi) is 6.00. The number of anilines is 3. The predicted molar refractivity (Wildman–Crippen MR) is 162 cm³/mol. The Morgan fingerprint density at radius 1 is 0.718 bits per heavy atom. The minimum atomic E-state index is -0.165. The molecule has 2 aliphatic rings. The topological polar surface area (TPSA) is 37.4 Å². The molecule has 196 valence electrons. The molecule has 0 saturated carbocycles. The van der Waals surface area contributed by atoms with Crippen LogP contribution in [0.5, 0.6) is 0 Å². The van der Waals surface area contributed by atoms with Crippen LogP contribution in [0, 0.1) is 0 Å². The molecule has 1 aliphatic carbocycles. The summed E-state index contributed by atoms with van der Waals surface area (Å²) in [6.45, 7) is 13.4. The van der Waals surface area contributed by atoms with Crippen molar-refractivity contribution in [3.8, 4) is 0 Å². The van der Waals surface area contributed by atoms with E-state index in [1.54, 1.807) is 10.8 Å². The molecule has 0 radical (unpaired) electrons. The molecule has 0 fully saturated rings. The fourth-order valence-electron chi connectivity index (χ4n) is 6.18. The van der Waals surface area contributed by atoms with E-state index in [2.05, 4.69) is 107 Å². The predicted octanol–water partition coefficient (Wildman–Crippen LogP) is 9.57. The smallest absolute Gasteiger partial charge is 0.198 e. The molecule has 0 amide bonds. The Morgan fingerprint density at radius 3 is 1.74 bits per heavy atom. The van der Waals surface area contributed by atoms with Crippen LogP contribution in [0.2, 0.25) is 0 Å². The highest BCUT2D eigenvalue weighted by atomic mass is 32.1. The van der Waals surface area contributed by atoms with Crippen LogP contribution in [0.3, 0.4) is 0 Å². The van der Waals surface area contributed by atoms with Crippen molar-refractivity contribution in [1.29, 1.82) is 0 Å². The number of benzene rings is 3. The summed E-state index contributed by atoms with van der Waals surface area (Å²) in [6.07, 6.45) is 1.83. The van der Waals surface area contributed by atoms with Crippen LogP contribution in [0.4, 0.5) is 17.1 Å². The molecule has 39 heavy (non-hydrogen) atoms. The summed E-state index contributed by atoms with van der Waals surface area (Å²) in [4.78, 5) is 28.7. The molecule has 0 atom stereocenters. The van der Waals surface area contributed by atoms with Crippen molar-refractivity contribution >= 4 is 46.0 Å². The standard InChI is InChI=1S/C35H33NO2S/c1-20(2)23-17-32(36-30-13-9-7-11-28(30)35(5,6)29-12-8-10-14-31(29)36)24(21(3)4)15-22(23)16-25-33(37)26-18-39-19-27(26)34(25)38/h7-21H,1-6H3. The molecule has 0 saturated heterocycles. The molecule has 0 N–H and O–H groups in total. The zero-order valence-electron chi connectivity index (χ0n) is 23.3. The Morgan fingerprint density at radius 2 is 1.23 bits per heavy atom. The van der Waals surface area contributed by atoms with E-state index in [0.29, 0.717) is 11.1 Å². The number of Topliss-reactive ketones (excluding diaryl/α,β-unsaturated/α-hetero) is 2. The Hall–Kier alpha value is -3.76. The lowest BCUT2D eigenvalue weighted by atomic mass is 9.73. The van der Waals surface area contributed by atoms with Crippen molar-refractivity contribution in [2.45, 2.75) is 58.8 Å². The van der Waals surface area contributed by atoms with Gasteiger partial charge in [0.25, 0.3) is 0 Å². The lowest BCUT2D eigenvalue weighted by Gasteiger charge is -2.43. The van der Waals surface area contributed by atoms with E-state index >= 15 is 0 Å². The third kappa shape index (κ3) is 3.84. The van der Waals surface area contributed by atoms with Crippen molar-refractivity contribution in [2.75, 3.05) is 4.90 Å². The van der Waals surface area contributed by atoms with E-state index in [1.807, 2.05) is 6.08 Å². The van der Waals surface area contributed by atoms with Crippen molar-refractivity contribution in [3.63, 3.8) is 0 Å². The first kappa shape index (κ1) is 25.5. The summed E-state index contributed by atoms with van der Waals surface area (Å²) in [5, 5.41) is 3.57. The average molecular weight is 532 g/mol. The van der Waals surface area contributed by atoms with Gasteiger partial charge in [0.2, 0.25) is 0 Å². The fraction of sp³-hybridized carbons (Fsp3) is 0.257. The van der Waals surface area contributed by atoms with Gasteiger partial charge in [0.05, 0.1) is 16.9 Å². The number of ketones is 2. The zero-order chi connectivity index (χ0) is 27.6. The summed E-state index contributed by atoms with van der Waals surface area (Å²) in [5.41, 5.74) is 10.6. The number of fused-ring (bicyclic) bond motifs is 3. The molecule has 4 heteroatoms. The van der Waals surface area contributed by atoms with Crippen LogP contribution in [-0.4, -0.2) is 11.6 Å². The van der Waals surface area contributed by atoms with Gasteiger partial charge >= 0.3 is 0 Å². The van der Waals surface area contributed by atoms with Gasteiger partial charge in [-0.05, 0) is 70.0 Å². The van der Waals surface area contributed by atoms with Gasteiger partial charge in [-0.3, -0.25) is 9.59 Å². The van der Waals surface area contributed by atoms with Crippen molar-refractivity contribution in [3.05, 3.63) is 116 Å². The van der Waals surface area contributed by atoms with Crippen LogP contribution in [-0.2, 0) is 5.41 Å². The maximum atomic E-state index is 13.1. The minimum absolute atomic E-state index is 0.129. The first-order chi connectivity index (χ1) is 18.6. The molecule has 4 aromatic rings. The van der Waals surface area contributed by atoms with Crippen LogP contribution in [0.1, 0.15) is 102 Å². The van der Waals surface area contributed by atoms with E-state index in [4.69, 9.17) is 0 Å². The minimum Gasteiger partial charge on any atom is -0.310 e. The summed E-state index contributed by atoms with van der Waals surface area (Å²) in [5.74, 6) is 0.0944. The summed E-state index contributed by atoms with van der Waals surface area (Å²) >= 11 is 1.40. The van der Waals surface area contributed by atoms with Gasteiger partial charge in [-0.2, -0.15) is 11.3 Å². The van der Waals surface area contributed by atoms with E-state index in [0.717, 1.165) is 16.8 Å². The van der Waals surface area contributed by atoms with Gasteiger partial charge in [-0.25, -0.2) is 0 Å². The Balaban J connectivity index is 1.60. The van der Waals surface area contributed by atoms with Crippen LogP contribution in [0.15, 0.2) is 77.0 Å². The van der Waals surface area contributed by atoms with E-state index in [-0.39, 0.29) is 34.4 Å². The molecular formula is C35H33NO2S. The number of carbonyl (C=O) groups is 2. The van der Waals surface area contributed by atoms with Gasteiger partial charge < -0.3 is 4.90 Å². The molecule has 0 bridgehead atoms. The normalized spacial score (nSPS) is 15.6. The lowest BCUT2D eigenvalue weighted by Crippen LogP contribution is -2.31. The maximum absolute atomic E-state index is 13.1. The number of hydrogen-bond acceptors (Lipinski definition) is 4. The van der Waals surface area contributed by atoms with Gasteiger partial charge in [0.1, 0.15) is 0 Å². The van der Waals surface area contributed by atoms with Crippen LogP contribution < -0.4 is 4.90 Å². The number of nitrogens with zero attached hydrogens (tertiary/aromatic N) is 1. The number of hydrogen-bond donors (Lipinski definition) is 0. The molecule has 6 rings (SSSR count). The largest absolute Gasteiger partial charge is 0.310 e.